The van der Waals surface area contributed by atoms with Crippen molar-refractivity contribution in [2.75, 3.05) is 6.61 Å². The van der Waals surface area contributed by atoms with Gasteiger partial charge in [0.1, 0.15) is 0 Å². The minimum Gasteiger partial charge on any atom is -0.396 e. The Bertz CT molecular complexity index is 381. The summed E-state index contributed by atoms with van der Waals surface area (Å²) in [4.78, 5) is 11.7. The van der Waals surface area contributed by atoms with E-state index in [1.54, 1.807) is 0 Å². The largest absolute Gasteiger partial charge is 0.396 e. The zero-order chi connectivity index (χ0) is 12.8. The molecule has 0 aromatic heterocycles. The summed E-state index contributed by atoms with van der Waals surface area (Å²) in [6, 6.07) is 9.78. The van der Waals surface area contributed by atoms with E-state index in [9.17, 15) is 9.90 Å². The van der Waals surface area contributed by atoms with Gasteiger partial charge in [-0.2, -0.15) is 0 Å². The molecule has 2 amide bonds. The monoisotopic (exact) mass is 248 g/mol. The van der Waals surface area contributed by atoms with Crippen LogP contribution in [0.25, 0.3) is 0 Å². The van der Waals surface area contributed by atoms with E-state index in [4.69, 9.17) is 0 Å². The third-order valence-corrected chi connectivity index (χ3v) is 3.51. The molecule has 0 spiro atoms. The van der Waals surface area contributed by atoms with Gasteiger partial charge < -0.3 is 15.7 Å². The number of carbonyl (C=O) groups is 1. The van der Waals surface area contributed by atoms with Crippen LogP contribution in [0.5, 0.6) is 0 Å². The van der Waals surface area contributed by atoms with Crippen LogP contribution in [-0.4, -0.2) is 23.8 Å². The number of amides is 2. The Labute approximate surface area is 107 Å². The lowest BCUT2D eigenvalue weighted by molar-refractivity contribution is 0.199. The van der Waals surface area contributed by atoms with E-state index in [0.717, 1.165) is 24.8 Å². The lowest BCUT2D eigenvalue weighted by atomic mass is 10.1. The highest BCUT2D eigenvalue weighted by molar-refractivity contribution is 5.74. The van der Waals surface area contributed by atoms with Crippen molar-refractivity contribution >= 4 is 6.03 Å². The van der Waals surface area contributed by atoms with Gasteiger partial charge in [-0.1, -0.05) is 36.8 Å². The maximum absolute atomic E-state index is 11.7. The molecule has 1 aliphatic rings. The molecule has 1 fully saturated rings. The number of aliphatic hydroxyl groups is 1. The molecule has 0 saturated heterocycles. The molecule has 2 rings (SSSR count). The van der Waals surface area contributed by atoms with Gasteiger partial charge in [-0.25, -0.2) is 4.79 Å². The van der Waals surface area contributed by atoms with Gasteiger partial charge in [-0.05, 0) is 18.4 Å². The van der Waals surface area contributed by atoms with Crippen LogP contribution in [0.3, 0.4) is 0 Å². The summed E-state index contributed by atoms with van der Waals surface area (Å²) >= 11 is 0. The SMILES string of the molecule is O=C(NCc1ccccc1)NC1CCCC1CO. The molecule has 1 aromatic carbocycles. The van der Waals surface area contributed by atoms with Crippen molar-refractivity contribution in [2.45, 2.75) is 31.8 Å². The van der Waals surface area contributed by atoms with Gasteiger partial charge in [0, 0.05) is 25.1 Å². The van der Waals surface area contributed by atoms with Gasteiger partial charge in [0.15, 0.2) is 0 Å². The maximum Gasteiger partial charge on any atom is 0.315 e. The number of benzene rings is 1. The van der Waals surface area contributed by atoms with Crippen molar-refractivity contribution in [3.05, 3.63) is 35.9 Å². The molecule has 3 N–H and O–H groups in total. The summed E-state index contributed by atoms with van der Waals surface area (Å²) < 4.78 is 0. The second kappa shape index (κ2) is 6.40. The first-order valence-corrected chi connectivity index (χ1v) is 6.48. The number of aliphatic hydroxyl groups excluding tert-OH is 1. The van der Waals surface area contributed by atoms with E-state index in [-0.39, 0.29) is 24.6 Å². The van der Waals surface area contributed by atoms with Crippen molar-refractivity contribution < 1.29 is 9.90 Å². The fourth-order valence-corrected chi connectivity index (χ4v) is 2.44. The molecule has 0 aliphatic heterocycles. The smallest absolute Gasteiger partial charge is 0.315 e. The maximum atomic E-state index is 11.7. The highest BCUT2D eigenvalue weighted by atomic mass is 16.3. The van der Waals surface area contributed by atoms with E-state index >= 15 is 0 Å². The highest BCUT2D eigenvalue weighted by Crippen LogP contribution is 2.24. The van der Waals surface area contributed by atoms with Gasteiger partial charge in [0.25, 0.3) is 0 Å². The first kappa shape index (κ1) is 12.9. The Morgan fingerprint density at radius 1 is 1.28 bits per heavy atom. The predicted octanol–water partition coefficient (Wildman–Crippen LogP) is 1.65. The van der Waals surface area contributed by atoms with Crippen LogP contribution in [0, 0.1) is 5.92 Å². The average molecular weight is 248 g/mol. The number of carbonyl (C=O) groups excluding carboxylic acids is 1. The van der Waals surface area contributed by atoms with E-state index in [2.05, 4.69) is 10.6 Å². The minimum absolute atomic E-state index is 0.116. The molecular formula is C14H20N2O2. The molecule has 98 valence electrons. The number of rotatable bonds is 4. The van der Waals surface area contributed by atoms with E-state index in [1.165, 1.54) is 0 Å². The second-order valence-electron chi connectivity index (χ2n) is 4.79. The number of hydrogen-bond donors (Lipinski definition) is 3. The Hall–Kier alpha value is -1.55. The summed E-state index contributed by atoms with van der Waals surface area (Å²) in [5, 5.41) is 15.0. The molecule has 0 heterocycles. The zero-order valence-electron chi connectivity index (χ0n) is 10.4. The standard InChI is InChI=1S/C14H20N2O2/c17-10-12-7-4-8-13(12)16-14(18)15-9-11-5-2-1-3-6-11/h1-3,5-6,12-13,17H,4,7-10H2,(H2,15,16,18). The minimum atomic E-state index is -0.149. The molecule has 2 unspecified atom stereocenters. The number of nitrogens with one attached hydrogen (secondary N) is 2. The lowest BCUT2D eigenvalue weighted by Gasteiger charge is -2.19. The van der Waals surface area contributed by atoms with Crippen LogP contribution in [0.4, 0.5) is 4.79 Å². The normalized spacial score (nSPS) is 22.7. The third kappa shape index (κ3) is 3.47. The number of hydrogen-bond acceptors (Lipinski definition) is 2. The Balaban J connectivity index is 1.75. The van der Waals surface area contributed by atoms with E-state index in [1.807, 2.05) is 30.3 Å². The van der Waals surface area contributed by atoms with Crippen molar-refractivity contribution in [2.24, 2.45) is 5.92 Å². The van der Waals surface area contributed by atoms with Gasteiger partial charge in [0.2, 0.25) is 0 Å². The van der Waals surface area contributed by atoms with E-state index < -0.39 is 0 Å². The molecule has 1 aromatic rings. The molecule has 1 aliphatic carbocycles. The summed E-state index contributed by atoms with van der Waals surface area (Å²) in [6.07, 6.45) is 3.04. The Morgan fingerprint density at radius 3 is 2.78 bits per heavy atom. The fourth-order valence-electron chi connectivity index (χ4n) is 2.44. The van der Waals surface area contributed by atoms with Gasteiger partial charge in [0.05, 0.1) is 0 Å². The molecule has 2 atom stereocenters. The van der Waals surface area contributed by atoms with Gasteiger partial charge in [-0.3, -0.25) is 0 Å². The topological polar surface area (TPSA) is 61.4 Å². The average Bonchev–Trinajstić information content (AvgIpc) is 2.85. The molecular weight excluding hydrogens is 228 g/mol. The van der Waals surface area contributed by atoms with Gasteiger partial charge in [-0.15, -0.1) is 0 Å². The van der Waals surface area contributed by atoms with Crippen molar-refractivity contribution in [3.63, 3.8) is 0 Å². The Kier molecular flexibility index (Phi) is 4.59. The molecule has 4 heteroatoms. The lowest BCUT2D eigenvalue weighted by Crippen LogP contribution is -2.44. The number of urea groups is 1. The predicted molar refractivity (Wildman–Crippen MR) is 70.0 cm³/mol. The summed E-state index contributed by atoms with van der Waals surface area (Å²) in [5.74, 6) is 0.215. The summed E-state index contributed by atoms with van der Waals surface area (Å²) in [5.41, 5.74) is 1.08. The first-order valence-electron chi connectivity index (χ1n) is 6.48. The van der Waals surface area contributed by atoms with Crippen LogP contribution in [0.2, 0.25) is 0 Å². The molecule has 18 heavy (non-hydrogen) atoms. The van der Waals surface area contributed by atoms with Crippen LogP contribution >= 0.6 is 0 Å². The van der Waals surface area contributed by atoms with Crippen molar-refractivity contribution in [1.82, 2.24) is 10.6 Å². The van der Waals surface area contributed by atoms with Crippen LogP contribution in [-0.2, 0) is 6.54 Å². The van der Waals surface area contributed by atoms with Gasteiger partial charge >= 0.3 is 6.03 Å². The van der Waals surface area contributed by atoms with Crippen LogP contribution in [0.15, 0.2) is 30.3 Å². The zero-order valence-corrected chi connectivity index (χ0v) is 10.4. The molecule has 0 radical (unpaired) electrons. The summed E-state index contributed by atoms with van der Waals surface area (Å²) in [7, 11) is 0. The molecule has 1 saturated carbocycles. The van der Waals surface area contributed by atoms with Crippen LogP contribution in [0.1, 0.15) is 24.8 Å². The Morgan fingerprint density at radius 2 is 2.06 bits per heavy atom. The fraction of sp³-hybridized carbons (Fsp3) is 0.500. The molecule has 0 bridgehead atoms. The molecule has 4 nitrogen and oxygen atoms in total. The van der Waals surface area contributed by atoms with Crippen molar-refractivity contribution in [1.29, 1.82) is 0 Å². The third-order valence-electron chi connectivity index (χ3n) is 3.51. The summed E-state index contributed by atoms with van der Waals surface area (Å²) in [6.45, 7) is 0.687. The second-order valence-corrected chi connectivity index (χ2v) is 4.79. The first-order chi connectivity index (χ1) is 8.79. The highest BCUT2D eigenvalue weighted by Gasteiger charge is 2.27. The van der Waals surface area contributed by atoms with E-state index in [0.29, 0.717) is 6.54 Å². The quantitative estimate of drug-likeness (QED) is 0.758. The van der Waals surface area contributed by atoms with Crippen molar-refractivity contribution in [3.8, 4) is 0 Å². The van der Waals surface area contributed by atoms with Crippen LogP contribution < -0.4 is 10.6 Å².